The van der Waals surface area contributed by atoms with E-state index in [2.05, 4.69) is 14.5 Å². The van der Waals surface area contributed by atoms with Gasteiger partial charge in [-0.3, -0.25) is 4.79 Å². The van der Waals surface area contributed by atoms with Gasteiger partial charge in [0.05, 0.1) is 24.4 Å². The summed E-state index contributed by atoms with van der Waals surface area (Å²) < 4.78 is 45.1. The molecular formula is C11H14F3N3O3. The molecule has 1 heterocycles. The van der Waals surface area contributed by atoms with Gasteiger partial charge in [0, 0.05) is 6.54 Å². The molecule has 1 aromatic heterocycles. The zero-order chi connectivity index (χ0) is 15.3. The fourth-order valence-corrected chi connectivity index (χ4v) is 1.45. The summed E-state index contributed by atoms with van der Waals surface area (Å²) in [6, 6.07) is 1.34. The van der Waals surface area contributed by atoms with Crippen molar-refractivity contribution in [2.75, 3.05) is 12.3 Å². The first-order chi connectivity index (χ1) is 9.26. The van der Waals surface area contributed by atoms with E-state index in [1.54, 1.807) is 6.92 Å². The minimum Gasteiger partial charge on any atom is -0.466 e. The third kappa shape index (κ3) is 4.57. The number of halogens is 3. The molecule has 0 aliphatic carbocycles. The van der Waals surface area contributed by atoms with Crippen molar-refractivity contribution in [3.8, 4) is 5.88 Å². The lowest BCUT2D eigenvalue weighted by molar-refractivity contribution is -0.275. The molecule has 1 aromatic rings. The molecule has 0 unspecified atom stereocenters. The molecule has 4 N–H and O–H groups in total. The first-order valence-corrected chi connectivity index (χ1v) is 5.66. The number of ether oxygens (including phenoxy) is 2. The van der Waals surface area contributed by atoms with E-state index < -0.39 is 18.2 Å². The summed E-state index contributed by atoms with van der Waals surface area (Å²) in [4.78, 5) is 14.9. The molecule has 112 valence electrons. The number of carbonyl (C=O) groups is 1. The van der Waals surface area contributed by atoms with Gasteiger partial charge >= 0.3 is 12.3 Å². The van der Waals surface area contributed by atoms with Gasteiger partial charge in [0.15, 0.2) is 0 Å². The van der Waals surface area contributed by atoms with Gasteiger partial charge in [-0.25, -0.2) is 4.98 Å². The zero-order valence-corrected chi connectivity index (χ0v) is 10.7. The average Bonchev–Trinajstić information content (AvgIpc) is 2.31. The van der Waals surface area contributed by atoms with Crippen LogP contribution >= 0.6 is 0 Å². The fourth-order valence-electron chi connectivity index (χ4n) is 1.45. The topological polar surface area (TPSA) is 100 Å². The standard InChI is InChI=1S/C11H14F3N3O3/c1-2-19-8(18)4-7-3-6(5-15)9(16)10(17-7)20-11(12,13)14/h3H,2,4-5,15-16H2,1H3. The first-order valence-electron chi connectivity index (χ1n) is 5.66. The van der Waals surface area contributed by atoms with Gasteiger partial charge in [-0.2, -0.15) is 0 Å². The Bertz CT molecular complexity index is 492. The lowest BCUT2D eigenvalue weighted by Crippen LogP contribution is -2.21. The van der Waals surface area contributed by atoms with E-state index in [1.807, 2.05) is 0 Å². The third-order valence-electron chi connectivity index (χ3n) is 2.23. The molecule has 0 spiro atoms. The van der Waals surface area contributed by atoms with E-state index in [0.29, 0.717) is 0 Å². The van der Waals surface area contributed by atoms with Crippen LogP contribution in [0.3, 0.4) is 0 Å². The van der Waals surface area contributed by atoms with Crippen molar-refractivity contribution in [2.45, 2.75) is 26.3 Å². The highest BCUT2D eigenvalue weighted by Gasteiger charge is 2.33. The van der Waals surface area contributed by atoms with Gasteiger partial charge in [0.25, 0.3) is 0 Å². The van der Waals surface area contributed by atoms with Crippen molar-refractivity contribution in [2.24, 2.45) is 5.73 Å². The molecule has 0 amide bonds. The number of alkyl halides is 3. The van der Waals surface area contributed by atoms with Crippen LogP contribution in [0.15, 0.2) is 6.07 Å². The summed E-state index contributed by atoms with van der Waals surface area (Å²) in [6.07, 6.45) is -5.23. The number of hydrogen-bond acceptors (Lipinski definition) is 6. The molecule has 0 saturated carbocycles. The monoisotopic (exact) mass is 293 g/mol. The normalized spacial score (nSPS) is 11.2. The van der Waals surface area contributed by atoms with Crippen molar-refractivity contribution in [1.29, 1.82) is 0 Å². The lowest BCUT2D eigenvalue weighted by Gasteiger charge is -2.14. The second-order valence-electron chi connectivity index (χ2n) is 3.73. The number of carbonyl (C=O) groups excluding carboxylic acids is 1. The van der Waals surface area contributed by atoms with Gasteiger partial charge < -0.3 is 20.9 Å². The number of anilines is 1. The largest absolute Gasteiger partial charge is 0.574 e. The number of rotatable bonds is 5. The van der Waals surface area contributed by atoms with E-state index in [0.717, 1.165) is 0 Å². The second-order valence-corrected chi connectivity index (χ2v) is 3.73. The molecule has 0 saturated heterocycles. The van der Waals surface area contributed by atoms with Gasteiger partial charge in [-0.05, 0) is 18.6 Å². The Balaban J connectivity index is 3.08. The SMILES string of the molecule is CCOC(=O)Cc1cc(CN)c(N)c(OC(F)(F)F)n1. The van der Waals surface area contributed by atoms with Crippen LogP contribution in [0.5, 0.6) is 5.88 Å². The third-order valence-corrected chi connectivity index (χ3v) is 2.23. The van der Waals surface area contributed by atoms with Crippen LogP contribution in [0.2, 0.25) is 0 Å². The fraction of sp³-hybridized carbons (Fsp3) is 0.455. The highest BCUT2D eigenvalue weighted by molar-refractivity contribution is 5.72. The summed E-state index contributed by atoms with van der Waals surface area (Å²) in [5, 5.41) is 0. The van der Waals surface area contributed by atoms with E-state index in [-0.39, 0.29) is 36.5 Å². The highest BCUT2D eigenvalue weighted by Crippen LogP contribution is 2.29. The average molecular weight is 293 g/mol. The molecule has 0 bridgehead atoms. The molecule has 0 radical (unpaired) electrons. The highest BCUT2D eigenvalue weighted by atomic mass is 19.4. The molecule has 1 rings (SSSR count). The van der Waals surface area contributed by atoms with E-state index in [4.69, 9.17) is 11.5 Å². The second kappa shape index (κ2) is 6.42. The summed E-state index contributed by atoms with van der Waals surface area (Å²) in [7, 11) is 0. The number of pyridine rings is 1. The van der Waals surface area contributed by atoms with Crippen LogP contribution in [-0.2, 0) is 22.5 Å². The van der Waals surface area contributed by atoms with E-state index >= 15 is 0 Å². The Morgan fingerprint density at radius 3 is 2.60 bits per heavy atom. The minimum absolute atomic E-state index is 0.0392. The lowest BCUT2D eigenvalue weighted by atomic mass is 10.1. The van der Waals surface area contributed by atoms with Crippen LogP contribution in [0.1, 0.15) is 18.2 Å². The Labute approximate surface area is 112 Å². The number of nitrogens with two attached hydrogens (primary N) is 2. The molecule has 9 heteroatoms. The molecule has 20 heavy (non-hydrogen) atoms. The maximum atomic E-state index is 12.2. The van der Waals surface area contributed by atoms with Crippen molar-refractivity contribution in [3.63, 3.8) is 0 Å². The maximum Gasteiger partial charge on any atom is 0.574 e. The van der Waals surface area contributed by atoms with E-state index in [9.17, 15) is 18.0 Å². The Morgan fingerprint density at radius 2 is 2.10 bits per heavy atom. The zero-order valence-electron chi connectivity index (χ0n) is 10.7. The Morgan fingerprint density at radius 1 is 1.45 bits per heavy atom. The first kappa shape index (κ1) is 16.0. The maximum absolute atomic E-state index is 12.2. The quantitative estimate of drug-likeness (QED) is 0.789. The number of nitrogens with zero attached hydrogens (tertiary/aromatic N) is 1. The molecule has 0 aliphatic heterocycles. The van der Waals surface area contributed by atoms with Crippen LogP contribution in [0, 0.1) is 0 Å². The number of esters is 1. The Kier molecular flexibility index (Phi) is 5.14. The minimum atomic E-state index is -4.93. The number of hydrogen-bond donors (Lipinski definition) is 2. The summed E-state index contributed by atoms with van der Waals surface area (Å²) in [5.41, 5.74) is 10.8. The van der Waals surface area contributed by atoms with Gasteiger partial charge in [-0.1, -0.05) is 0 Å². The van der Waals surface area contributed by atoms with E-state index in [1.165, 1.54) is 6.07 Å². The molecule has 0 aliphatic rings. The number of aromatic nitrogens is 1. The van der Waals surface area contributed by atoms with Crippen molar-refractivity contribution < 1.29 is 27.4 Å². The molecule has 6 nitrogen and oxygen atoms in total. The van der Waals surface area contributed by atoms with Crippen LogP contribution in [0.4, 0.5) is 18.9 Å². The molecule has 0 aromatic carbocycles. The summed E-state index contributed by atoms with van der Waals surface area (Å²) in [5.74, 6) is -1.44. The summed E-state index contributed by atoms with van der Waals surface area (Å²) in [6.45, 7) is 1.65. The Hall–Kier alpha value is -2.03. The molecule has 0 atom stereocenters. The van der Waals surface area contributed by atoms with Crippen LogP contribution < -0.4 is 16.2 Å². The van der Waals surface area contributed by atoms with Gasteiger partial charge in [0.1, 0.15) is 0 Å². The van der Waals surface area contributed by atoms with Crippen molar-refractivity contribution in [3.05, 3.63) is 17.3 Å². The van der Waals surface area contributed by atoms with Crippen LogP contribution in [0.25, 0.3) is 0 Å². The predicted octanol–water partition coefficient (Wildman–Crippen LogP) is 1.13. The van der Waals surface area contributed by atoms with Crippen molar-refractivity contribution in [1.82, 2.24) is 4.98 Å². The van der Waals surface area contributed by atoms with Crippen LogP contribution in [-0.4, -0.2) is 23.9 Å². The van der Waals surface area contributed by atoms with Gasteiger partial charge in [-0.15, -0.1) is 13.2 Å². The number of nitrogen functional groups attached to an aromatic ring is 1. The summed E-state index contributed by atoms with van der Waals surface area (Å²) >= 11 is 0. The molecule has 0 fully saturated rings. The van der Waals surface area contributed by atoms with Gasteiger partial charge in [0.2, 0.25) is 5.88 Å². The smallest absolute Gasteiger partial charge is 0.466 e. The van der Waals surface area contributed by atoms with Crippen molar-refractivity contribution >= 4 is 11.7 Å². The molecular weight excluding hydrogens is 279 g/mol. The predicted molar refractivity (Wildman–Crippen MR) is 63.6 cm³/mol.